The van der Waals surface area contributed by atoms with E-state index in [1.165, 1.54) is 19.1 Å². The summed E-state index contributed by atoms with van der Waals surface area (Å²) in [4.78, 5) is 11.2. The normalized spacial score (nSPS) is 13.2. The van der Waals surface area contributed by atoms with E-state index in [1.807, 2.05) is 19.1 Å². The van der Waals surface area contributed by atoms with Gasteiger partial charge in [-0.1, -0.05) is 48.5 Å². The Bertz CT molecular complexity index is 1120. The minimum absolute atomic E-state index is 0.0199. The number of nitrogens with one attached hydrogen (secondary N) is 1. The molecule has 8 heteroatoms. The van der Waals surface area contributed by atoms with Crippen LogP contribution in [0.2, 0.25) is 0 Å². The van der Waals surface area contributed by atoms with Gasteiger partial charge in [0.1, 0.15) is 11.5 Å². The third kappa shape index (κ3) is 7.84. The third-order valence-electron chi connectivity index (χ3n) is 5.63. The molecule has 0 saturated carbocycles. The van der Waals surface area contributed by atoms with Crippen LogP contribution in [-0.2, 0) is 23.7 Å². The molecule has 36 heavy (non-hydrogen) atoms. The molecular formula is C28H31F2NO5. The van der Waals surface area contributed by atoms with Crippen LogP contribution in [0.25, 0.3) is 0 Å². The highest BCUT2D eigenvalue weighted by Crippen LogP contribution is 2.29. The summed E-state index contributed by atoms with van der Waals surface area (Å²) in [5.41, 5.74) is 1.90. The number of benzene rings is 3. The number of rotatable bonds is 12. The van der Waals surface area contributed by atoms with E-state index in [0.29, 0.717) is 23.3 Å². The van der Waals surface area contributed by atoms with E-state index in [9.17, 15) is 23.8 Å². The fourth-order valence-electron chi connectivity index (χ4n) is 3.70. The molecule has 0 spiro atoms. The van der Waals surface area contributed by atoms with Gasteiger partial charge in [-0.15, -0.1) is 0 Å². The van der Waals surface area contributed by atoms with E-state index < -0.39 is 24.6 Å². The highest BCUT2D eigenvalue weighted by Gasteiger charge is 2.32. The second-order valence-corrected chi connectivity index (χ2v) is 8.65. The molecule has 0 aliphatic heterocycles. The Balaban J connectivity index is 1.48. The Morgan fingerprint density at radius 2 is 1.75 bits per heavy atom. The van der Waals surface area contributed by atoms with Crippen LogP contribution in [0.15, 0.2) is 72.8 Å². The van der Waals surface area contributed by atoms with Gasteiger partial charge < -0.3 is 25.0 Å². The van der Waals surface area contributed by atoms with Gasteiger partial charge in [-0.25, -0.2) is 0 Å². The predicted octanol–water partition coefficient (Wildman–Crippen LogP) is 4.53. The maximum Gasteiger partial charge on any atom is 0.308 e. The average molecular weight is 500 g/mol. The first kappa shape index (κ1) is 27.3. The zero-order valence-corrected chi connectivity index (χ0v) is 20.3. The second-order valence-electron chi connectivity index (χ2n) is 8.65. The average Bonchev–Trinajstić information content (AvgIpc) is 2.87. The number of carbonyl (C=O) groups excluding carboxylic acids is 1. The maximum atomic E-state index is 14.3. The number of aliphatic hydroxyl groups excluding tert-OH is 2. The van der Waals surface area contributed by atoms with Crippen LogP contribution in [0.3, 0.4) is 0 Å². The Kier molecular flexibility index (Phi) is 9.52. The van der Waals surface area contributed by atoms with Crippen LogP contribution in [0.4, 0.5) is 8.78 Å². The summed E-state index contributed by atoms with van der Waals surface area (Å²) in [5, 5.41) is 23.3. The number of esters is 1. The first-order valence-electron chi connectivity index (χ1n) is 11.7. The van der Waals surface area contributed by atoms with Crippen LogP contribution >= 0.6 is 0 Å². The second kappa shape index (κ2) is 12.6. The van der Waals surface area contributed by atoms with Gasteiger partial charge in [0.15, 0.2) is 6.61 Å². The molecule has 3 rings (SSSR count). The number of alkyl halides is 2. The minimum atomic E-state index is -3.09. The molecule has 0 fully saturated rings. The van der Waals surface area contributed by atoms with E-state index in [1.54, 1.807) is 48.5 Å². The molecule has 0 heterocycles. The summed E-state index contributed by atoms with van der Waals surface area (Å²) in [5.74, 6) is -2.95. The van der Waals surface area contributed by atoms with Crippen molar-refractivity contribution in [3.8, 4) is 11.5 Å². The van der Waals surface area contributed by atoms with Crippen molar-refractivity contribution in [3.05, 3.63) is 95.1 Å². The summed E-state index contributed by atoms with van der Waals surface area (Å²) in [6.07, 6.45) is -0.174. The van der Waals surface area contributed by atoms with Gasteiger partial charge in [0.25, 0.3) is 0 Å². The van der Waals surface area contributed by atoms with Crippen LogP contribution < -0.4 is 14.8 Å². The number of carbonyl (C=O) groups is 1. The van der Waals surface area contributed by atoms with Crippen LogP contribution in [0.5, 0.6) is 11.5 Å². The van der Waals surface area contributed by atoms with Crippen molar-refractivity contribution >= 4 is 5.97 Å². The van der Waals surface area contributed by atoms with Crippen molar-refractivity contribution in [3.63, 3.8) is 0 Å². The van der Waals surface area contributed by atoms with E-state index >= 15 is 0 Å². The molecule has 3 aromatic rings. The van der Waals surface area contributed by atoms with Crippen LogP contribution in [-0.4, -0.2) is 35.4 Å². The molecular weight excluding hydrogens is 468 g/mol. The quantitative estimate of drug-likeness (QED) is 0.251. The fraction of sp³-hybridized carbons (Fsp3) is 0.321. The summed E-state index contributed by atoms with van der Waals surface area (Å²) in [6.45, 7) is 2.46. The van der Waals surface area contributed by atoms with E-state index in [4.69, 9.17) is 9.47 Å². The highest BCUT2D eigenvalue weighted by molar-refractivity contribution is 5.69. The zero-order valence-electron chi connectivity index (χ0n) is 20.3. The van der Waals surface area contributed by atoms with Gasteiger partial charge in [-0.3, -0.25) is 4.79 Å². The summed E-state index contributed by atoms with van der Waals surface area (Å²) in [6, 6.07) is 19.4. The number of aliphatic hydroxyl groups is 2. The van der Waals surface area contributed by atoms with Gasteiger partial charge in [0.05, 0.1) is 12.7 Å². The Morgan fingerprint density at radius 1 is 1.06 bits per heavy atom. The zero-order chi connectivity index (χ0) is 26.1. The molecule has 0 amide bonds. The van der Waals surface area contributed by atoms with Crippen molar-refractivity contribution in [2.45, 2.75) is 44.9 Å². The first-order valence-corrected chi connectivity index (χ1v) is 11.7. The molecule has 3 N–H and O–H groups in total. The third-order valence-corrected chi connectivity index (χ3v) is 5.63. The van der Waals surface area contributed by atoms with Gasteiger partial charge in [-0.2, -0.15) is 8.78 Å². The summed E-state index contributed by atoms with van der Waals surface area (Å²) in [7, 11) is 0. The SMILES string of the molecule is CC(=O)Oc1ccc(C(O)CNC(C)Cc2ccc(OCC(F)(F)c3ccccc3)cc2)cc1CO. The smallest absolute Gasteiger partial charge is 0.308 e. The maximum absolute atomic E-state index is 14.3. The standard InChI is InChI=1S/C28H31F2NO5/c1-19(31-16-26(34)22-10-13-27(36-20(2)33)23(15-22)17-32)14-21-8-11-25(12-9-21)35-18-28(29,30)24-6-4-3-5-7-24/h3-13,15,19,26,31-32,34H,14,16-18H2,1-2H3. The van der Waals surface area contributed by atoms with Crippen molar-refractivity contribution in [1.29, 1.82) is 0 Å². The molecule has 0 saturated heterocycles. The molecule has 6 nitrogen and oxygen atoms in total. The molecule has 2 unspecified atom stereocenters. The fourth-order valence-corrected chi connectivity index (χ4v) is 3.70. The monoisotopic (exact) mass is 499 g/mol. The predicted molar refractivity (Wildman–Crippen MR) is 132 cm³/mol. The van der Waals surface area contributed by atoms with Crippen molar-refractivity contribution in [2.24, 2.45) is 0 Å². The van der Waals surface area contributed by atoms with Gasteiger partial charge in [0.2, 0.25) is 0 Å². The Labute approximate surface area is 209 Å². The van der Waals surface area contributed by atoms with Crippen molar-refractivity contribution in [1.82, 2.24) is 5.32 Å². The van der Waals surface area contributed by atoms with E-state index in [-0.39, 0.29) is 30.5 Å². The van der Waals surface area contributed by atoms with Crippen LogP contribution in [0, 0.1) is 0 Å². The topological polar surface area (TPSA) is 88.0 Å². The lowest BCUT2D eigenvalue weighted by molar-refractivity contribution is -0.131. The van der Waals surface area contributed by atoms with Crippen LogP contribution in [0.1, 0.15) is 42.2 Å². The highest BCUT2D eigenvalue weighted by atomic mass is 19.3. The van der Waals surface area contributed by atoms with E-state index in [0.717, 1.165) is 5.56 Å². The van der Waals surface area contributed by atoms with Gasteiger partial charge in [-0.05, 0) is 48.7 Å². The van der Waals surface area contributed by atoms with Crippen molar-refractivity contribution < 1.29 is 33.3 Å². The minimum Gasteiger partial charge on any atom is -0.487 e. The molecule has 0 aliphatic rings. The molecule has 192 valence electrons. The number of hydrogen-bond donors (Lipinski definition) is 3. The lowest BCUT2D eigenvalue weighted by Crippen LogP contribution is -2.32. The van der Waals surface area contributed by atoms with Crippen molar-refractivity contribution in [2.75, 3.05) is 13.2 Å². The number of ether oxygens (including phenoxy) is 2. The number of halogens is 2. The molecule has 0 aromatic heterocycles. The Morgan fingerprint density at radius 3 is 2.39 bits per heavy atom. The largest absolute Gasteiger partial charge is 0.487 e. The molecule has 0 radical (unpaired) electrons. The molecule has 0 aliphatic carbocycles. The lowest BCUT2D eigenvalue weighted by Gasteiger charge is -2.19. The van der Waals surface area contributed by atoms with E-state index in [2.05, 4.69) is 5.32 Å². The molecule has 3 aromatic carbocycles. The summed E-state index contributed by atoms with van der Waals surface area (Å²) >= 11 is 0. The first-order chi connectivity index (χ1) is 17.2. The molecule has 0 bridgehead atoms. The molecule has 2 atom stereocenters. The lowest BCUT2D eigenvalue weighted by atomic mass is 10.0. The number of hydrogen-bond acceptors (Lipinski definition) is 6. The van der Waals surface area contributed by atoms with Gasteiger partial charge >= 0.3 is 11.9 Å². The van der Waals surface area contributed by atoms with Gasteiger partial charge in [0, 0.05) is 30.6 Å². The Hall–Kier alpha value is -3.33. The summed E-state index contributed by atoms with van der Waals surface area (Å²) < 4.78 is 39.0.